The minimum atomic E-state index is -0.0146. The summed E-state index contributed by atoms with van der Waals surface area (Å²) in [5, 5.41) is 5.79. The van der Waals surface area contributed by atoms with Gasteiger partial charge in [-0.05, 0) is 24.4 Å². The van der Waals surface area contributed by atoms with Crippen molar-refractivity contribution < 1.29 is 0 Å². The second-order valence-corrected chi connectivity index (χ2v) is 4.61. The Bertz CT molecular complexity index is 536. The monoisotopic (exact) mass is 234 g/mol. The van der Waals surface area contributed by atoms with Gasteiger partial charge in [0.05, 0.1) is 11.6 Å². The average molecular weight is 234 g/mol. The largest absolute Gasteiger partial charge is 0.285 e. The summed E-state index contributed by atoms with van der Waals surface area (Å²) in [5.74, 6) is 0.932. The van der Waals surface area contributed by atoms with Crippen molar-refractivity contribution in [1.82, 2.24) is 9.19 Å². The molecular weight excluding hydrogens is 220 g/mol. The fraction of sp³-hybridized carbons (Fsp3) is 0.333. The van der Waals surface area contributed by atoms with Crippen LogP contribution in [0.2, 0.25) is 0 Å². The molecule has 0 fully saturated rings. The summed E-state index contributed by atoms with van der Waals surface area (Å²) in [6.07, 6.45) is 3.98. The summed E-state index contributed by atoms with van der Waals surface area (Å²) in [6, 6.07) is 7.55. The molecule has 1 heterocycles. The lowest BCUT2D eigenvalue weighted by molar-refractivity contribution is 0.878. The molecule has 4 heteroatoms. The molecule has 16 heavy (non-hydrogen) atoms. The van der Waals surface area contributed by atoms with E-state index in [4.69, 9.17) is 0 Å². The first kappa shape index (κ1) is 11.2. The highest BCUT2D eigenvalue weighted by Crippen LogP contribution is 2.10. The van der Waals surface area contributed by atoms with Gasteiger partial charge in [-0.15, -0.1) is 0 Å². The summed E-state index contributed by atoms with van der Waals surface area (Å²) < 4.78 is 1.48. The number of benzene rings is 1. The van der Waals surface area contributed by atoms with Gasteiger partial charge in [0.1, 0.15) is 0 Å². The molecular formula is C12H14N2OS. The van der Waals surface area contributed by atoms with Crippen LogP contribution in [-0.4, -0.2) is 14.9 Å². The minimum Gasteiger partial charge on any atom is -0.266 e. The summed E-state index contributed by atoms with van der Waals surface area (Å²) in [7, 11) is 0. The smallest absolute Gasteiger partial charge is 0.266 e. The number of hydrogen-bond acceptors (Lipinski definition) is 3. The average Bonchev–Trinajstić information content (AvgIpc) is 2.33. The van der Waals surface area contributed by atoms with Crippen LogP contribution in [0.4, 0.5) is 0 Å². The van der Waals surface area contributed by atoms with Crippen LogP contribution in [-0.2, 0) is 0 Å². The van der Waals surface area contributed by atoms with Crippen LogP contribution in [0, 0.1) is 0 Å². The summed E-state index contributed by atoms with van der Waals surface area (Å²) in [4.78, 5) is 12.0. The summed E-state index contributed by atoms with van der Waals surface area (Å²) in [6.45, 7) is 2.14. The molecule has 0 N–H and O–H groups in total. The van der Waals surface area contributed by atoms with Gasteiger partial charge >= 0.3 is 0 Å². The van der Waals surface area contributed by atoms with E-state index in [-0.39, 0.29) is 5.56 Å². The predicted molar refractivity (Wildman–Crippen MR) is 68.8 cm³/mol. The van der Waals surface area contributed by atoms with Gasteiger partial charge in [0.2, 0.25) is 0 Å². The van der Waals surface area contributed by atoms with Crippen LogP contribution >= 0.6 is 11.9 Å². The Hall–Kier alpha value is -1.29. The molecule has 0 bridgehead atoms. The van der Waals surface area contributed by atoms with E-state index < -0.39 is 0 Å². The van der Waals surface area contributed by atoms with Gasteiger partial charge in [-0.1, -0.05) is 31.5 Å². The van der Waals surface area contributed by atoms with Crippen LogP contribution in [0.3, 0.4) is 0 Å². The number of unbranched alkanes of at least 4 members (excludes halogenated alkanes) is 1. The third-order valence-electron chi connectivity index (χ3n) is 2.38. The van der Waals surface area contributed by atoms with Crippen molar-refractivity contribution in [2.75, 3.05) is 5.75 Å². The third kappa shape index (κ3) is 2.27. The normalized spacial score (nSPS) is 10.8. The Morgan fingerprint density at radius 2 is 2.19 bits per heavy atom. The summed E-state index contributed by atoms with van der Waals surface area (Å²) in [5.41, 5.74) is -0.0146. The maximum Gasteiger partial charge on any atom is 0.285 e. The molecule has 0 unspecified atom stereocenters. The molecule has 2 rings (SSSR count). The number of aromatic nitrogens is 2. The predicted octanol–water partition coefficient (Wildman–Crippen LogP) is 2.69. The van der Waals surface area contributed by atoms with E-state index in [1.807, 2.05) is 24.3 Å². The molecule has 1 aromatic carbocycles. The fourth-order valence-electron chi connectivity index (χ4n) is 1.46. The van der Waals surface area contributed by atoms with Crippen LogP contribution in [0.1, 0.15) is 19.8 Å². The van der Waals surface area contributed by atoms with E-state index in [0.29, 0.717) is 0 Å². The molecule has 0 aliphatic rings. The molecule has 0 spiro atoms. The van der Waals surface area contributed by atoms with Gasteiger partial charge < -0.3 is 0 Å². The number of rotatable bonds is 4. The van der Waals surface area contributed by atoms with Gasteiger partial charge in [-0.3, -0.25) is 4.79 Å². The zero-order chi connectivity index (χ0) is 11.4. The molecule has 2 aromatic rings. The van der Waals surface area contributed by atoms with Crippen LogP contribution in [0.25, 0.3) is 10.8 Å². The molecule has 3 nitrogen and oxygen atoms in total. The second-order valence-electron chi connectivity index (χ2n) is 3.60. The highest BCUT2D eigenvalue weighted by atomic mass is 32.2. The SMILES string of the molecule is CCCCSn1ncc2ccccc2c1=O. The van der Waals surface area contributed by atoms with E-state index in [9.17, 15) is 4.79 Å². The topological polar surface area (TPSA) is 34.9 Å². The van der Waals surface area contributed by atoms with Crippen molar-refractivity contribution in [3.8, 4) is 0 Å². The molecule has 0 atom stereocenters. The molecule has 1 aromatic heterocycles. The molecule has 0 saturated heterocycles. The molecule has 0 saturated carbocycles. The van der Waals surface area contributed by atoms with E-state index >= 15 is 0 Å². The fourth-order valence-corrected chi connectivity index (χ4v) is 2.38. The number of hydrogen-bond donors (Lipinski definition) is 0. The van der Waals surface area contributed by atoms with Crippen molar-refractivity contribution in [2.24, 2.45) is 0 Å². The highest BCUT2D eigenvalue weighted by Gasteiger charge is 2.03. The molecule has 0 radical (unpaired) electrons. The molecule has 0 aliphatic heterocycles. The molecule has 0 amide bonds. The van der Waals surface area contributed by atoms with Gasteiger partial charge in [-0.25, -0.2) is 0 Å². The molecule has 84 valence electrons. The Labute approximate surface area is 98.6 Å². The Morgan fingerprint density at radius 1 is 1.38 bits per heavy atom. The lowest BCUT2D eigenvalue weighted by Crippen LogP contribution is -2.18. The standard InChI is InChI=1S/C12H14N2OS/c1-2-3-8-16-14-12(15)11-7-5-4-6-10(11)9-13-14/h4-7,9H,2-3,8H2,1H3. The van der Waals surface area contributed by atoms with Gasteiger partial charge in [0, 0.05) is 11.1 Å². The molecule has 0 aliphatic carbocycles. The lowest BCUT2D eigenvalue weighted by Gasteiger charge is -2.03. The van der Waals surface area contributed by atoms with Gasteiger partial charge in [-0.2, -0.15) is 9.19 Å². The maximum absolute atomic E-state index is 12.0. The first-order chi connectivity index (χ1) is 7.83. The first-order valence-corrected chi connectivity index (χ1v) is 6.37. The van der Waals surface area contributed by atoms with Crippen LogP contribution in [0.15, 0.2) is 35.3 Å². The van der Waals surface area contributed by atoms with E-state index in [1.54, 1.807) is 6.20 Å². The zero-order valence-electron chi connectivity index (χ0n) is 9.22. The van der Waals surface area contributed by atoms with Crippen LogP contribution in [0.5, 0.6) is 0 Å². The quantitative estimate of drug-likeness (QED) is 0.763. The lowest BCUT2D eigenvalue weighted by atomic mass is 10.2. The van der Waals surface area contributed by atoms with Crippen molar-refractivity contribution in [1.29, 1.82) is 0 Å². The minimum absolute atomic E-state index is 0.0146. The van der Waals surface area contributed by atoms with Crippen molar-refractivity contribution >= 4 is 22.7 Å². The van der Waals surface area contributed by atoms with E-state index in [2.05, 4.69) is 12.0 Å². The number of nitrogens with zero attached hydrogens (tertiary/aromatic N) is 2. The van der Waals surface area contributed by atoms with Gasteiger partial charge in [0.15, 0.2) is 0 Å². The van der Waals surface area contributed by atoms with Gasteiger partial charge in [0.25, 0.3) is 5.56 Å². The van der Waals surface area contributed by atoms with Crippen molar-refractivity contribution in [3.63, 3.8) is 0 Å². The van der Waals surface area contributed by atoms with Crippen LogP contribution < -0.4 is 5.56 Å². The Morgan fingerprint density at radius 3 is 3.00 bits per heavy atom. The summed E-state index contributed by atoms with van der Waals surface area (Å²) >= 11 is 1.48. The van der Waals surface area contributed by atoms with E-state index in [1.165, 1.54) is 16.0 Å². The third-order valence-corrected chi connectivity index (χ3v) is 3.35. The van der Waals surface area contributed by atoms with E-state index in [0.717, 1.165) is 29.4 Å². The zero-order valence-corrected chi connectivity index (χ0v) is 10.0. The van der Waals surface area contributed by atoms with Crippen molar-refractivity contribution in [2.45, 2.75) is 19.8 Å². The Balaban J connectivity index is 2.33. The second kappa shape index (κ2) is 5.16. The first-order valence-electron chi connectivity index (χ1n) is 5.43. The van der Waals surface area contributed by atoms with Crippen molar-refractivity contribution in [3.05, 3.63) is 40.8 Å². The maximum atomic E-state index is 12.0. The number of fused-ring (bicyclic) bond motifs is 1. The highest BCUT2D eigenvalue weighted by molar-refractivity contribution is 7.97. The Kier molecular flexibility index (Phi) is 3.62.